The zero-order valence-electron chi connectivity index (χ0n) is 10.9. The summed E-state index contributed by atoms with van der Waals surface area (Å²) in [5.74, 6) is -0.610. The zero-order chi connectivity index (χ0) is 14.2. The van der Waals surface area contributed by atoms with E-state index in [1.807, 2.05) is 0 Å². The number of benzene rings is 1. The largest absolute Gasteiger partial charge is 0.399 e. The third kappa shape index (κ3) is 2.58. The lowest BCUT2D eigenvalue weighted by Gasteiger charge is -2.18. The second-order valence-corrected chi connectivity index (χ2v) is 6.54. The van der Waals surface area contributed by atoms with Crippen molar-refractivity contribution in [3.05, 3.63) is 23.5 Å². The average Bonchev–Trinajstić information content (AvgIpc) is 2.83. The van der Waals surface area contributed by atoms with Crippen molar-refractivity contribution in [3.8, 4) is 0 Å². The molecule has 1 aliphatic heterocycles. The van der Waals surface area contributed by atoms with E-state index in [0.29, 0.717) is 13.0 Å². The van der Waals surface area contributed by atoms with Gasteiger partial charge in [0.25, 0.3) is 0 Å². The SMILES string of the molecule is COC1CCN(S(=O)(=O)c2cc(N)cc(F)c2C)C1. The number of methoxy groups -OCH3 is 1. The Morgan fingerprint density at radius 2 is 2.16 bits per heavy atom. The molecule has 5 nitrogen and oxygen atoms in total. The van der Waals surface area contributed by atoms with Gasteiger partial charge in [-0.15, -0.1) is 0 Å². The third-order valence-electron chi connectivity index (χ3n) is 3.38. The molecule has 1 atom stereocenters. The van der Waals surface area contributed by atoms with Gasteiger partial charge in [0, 0.05) is 31.5 Å². The molecule has 1 unspecified atom stereocenters. The molecule has 1 aromatic carbocycles. The van der Waals surface area contributed by atoms with E-state index in [4.69, 9.17) is 10.5 Å². The molecule has 0 aliphatic carbocycles. The van der Waals surface area contributed by atoms with Crippen molar-refractivity contribution in [3.63, 3.8) is 0 Å². The molecule has 0 saturated carbocycles. The van der Waals surface area contributed by atoms with Gasteiger partial charge in [-0.05, 0) is 25.5 Å². The maximum atomic E-state index is 13.6. The smallest absolute Gasteiger partial charge is 0.243 e. The summed E-state index contributed by atoms with van der Waals surface area (Å²) in [5.41, 5.74) is 5.72. The standard InChI is InChI=1S/C12H17FN2O3S/c1-8-11(13)5-9(14)6-12(8)19(16,17)15-4-3-10(7-15)18-2/h5-6,10H,3-4,7,14H2,1-2H3. The molecule has 1 aromatic rings. The lowest BCUT2D eigenvalue weighted by molar-refractivity contribution is 0.115. The molecule has 106 valence electrons. The first-order chi connectivity index (χ1) is 8.86. The van der Waals surface area contributed by atoms with Gasteiger partial charge in [-0.1, -0.05) is 0 Å². The number of ether oxygens (including phenoxy) is 1. The minimum atomic E-state index is -3.72. The van der Waals surface area contributed by atoms with Crippen LogP contribution in [0.5, 0.6) is 0 Å². The minimum absolute atomic E-state index is 0.0678. The molecule has 0 spiro atoms. The molecule has 0 radical (unpaired) electrons. The molecule has 19 heavy (non-hydrogen) atoms. The van der Waals surface area contributed by atoms with Crippen LogP contribution in [0.15, 0.2) is 17.0 Å². The first kappa shape index (κ1) is 14.2. The van der Waals surface area contributed by atoms with Gasteiger partial charge in [0.1, 0.15) is 5.82 Å². The monoisotopic (exact) mass is 288 g/mol. The Balaban J connectivity index is 2.41. The molecular weight excluding hydrogens is 271 g/mol. The molecule has 2 N–H and O–H groups in total. The molecule has 1 heterocycles. The second kappa shape index (κ2) is 5.07. The lowest BCUT2D eigenvalue weighted by atomic mass is 10.2. The minimum Gasteiger partial charge on any atom is -0.399 e. The molecule has 0 amide bonds. The maximum absolute atomic E-state index is 13.6. The molecule has 2 rings (SSSR count). The molecule has 1 saturated heterocycles. The van der Waals surface area contributed by atoms with E-state index in [1.165, 1.54) is 17.3 Å². The Kier molecular flexibility index (Phi) is 3.80. The van der Waals surface area contributed by atoms with Crippen LogP contribution in [-0.2, 0) is 14.8 Å². The number of nitrogens with zero attached hydrogens (tertiary/aromatic N) is 1. The van der Waals surface area contributed by atoms with Crippen LogP contribution in [0.4, 0.5) is 10.1 Å². The molecular formula is C12H17FN2O3S. The van der Waals surface area contributed by atoms with Crippen molar-refractivity contribution in [2.75, 3.05) is 25.9 Å². The Morgan fingerprint density at radius 1 is 1.47 bits per heavy atom. The number of nitrogens with two attached hydrogens (primary N) is 1. The van der Waals surface area contributed by atoms with Gasteiger partial charge in [-0.25, -0.2) is 12.8 Å². The summed E-state index contributed by atoms with van der Waals surface area (Å²) in [6.45, 7) is 2.09. The average molecular weight is 288 g/mol. The highest BCUT2D eigenvalue weighted by atomic mass is 32.2. The fourth-order valence-electron chi connectivity index (χ4n) is 2.19. The Labute approximate surface area is 112 Å². The van der Waals surface area contributed by atoms with Crippen molar-refractivity contribution in [2.45, 2.75) is 24.3 Å². The van der Waals surface area contributed by atoms with Gasteiger partial charge in [0.2, 0.25) is 10.0 Å². The van der Waals surface area contributed by atoms with E-state index in [1.54, 1.807) is 7.11 Å². The summed E-state index contributed by atoms with van der Waals surface area (Å²) < 4.78 is 45.0. The van der Waals surface area contributed by atoms with Crippen LogP contribution in [-0.4, -0.2) is 39.0 Å². The molecule has 7 heteroatoms. The van der Waals surface area contributed by atoms with Crippen LogP contribution in [0.3, 0.4) is 0 Å². The number of sulfonamides is 1. The van der Waals surface area contributed by atoms with Crippen LogP contribution < -0.4 is 5.73 Å². The maximum Gasteiger partial charge on any atom is 0.243 e. The molecule has 1 aliphatic rings. The number of anilines is 1. The fraction of sp³-hybridized carbons (Fsp3) is 0.500. The summed E-state index contributed by atoms with van der Waals surface area (Å²) in [7, 11) is -2.18. The number of hydrogen-bond acceptors (Lipinski definition) is 4. The van der Waals surface area contributed by atoms with Crippen LogP contribution in [0.25, 0.3) is 0 Å². The third-order valence-corrected chi connectivity index (χ3v) is 5.37. The zero-order valence-corrected chi connectivity index (χ0v) is 11.7. The summed E-state index contributed by atoms with van der Waals surface area (Å²) in [6, 6.07) is 2.42. The number of halogens is 1. The van der Waals surface area contributed by atoms with Crippen molar-refractivity contribution < 1.29 is 17.5 Å². The Hall–Kier alpha value is -1.18. The van der Waals surface area contributed by atoms with Crippen molar-refractivity contribution in [1.82, 2.24) is 4.31 Å². The molecule has 0 bridgehead atoms. The Bertz CT molecular complexity index is 589. The summed E-state index contributed by atoms with van der Waals surface area (Å²) in [6.07, 6.45) is 0.528. The highest BCUT2D eigenvalue weighted by Crippen LogP contribution is 2.27. The topological polar surface area (TPSA) is 72.6 Å². The second-order valence-electron chi connectivity index (χ2n) is 4.64. The van der Waals surface area contributed by atoms with Gasteiger partial charge in [0.15, 0.2) is 0 Å². The van der Waals surface area contributed by atoms with Gasteiger partial charge >= 0.3 is 0 Å². The first-order valence-corrected chi connectivity index (χ1v) is 7.39. The van der Waals surface area contributed by atoms with Crippen molar-refractivity contribution in [2.24, 2.45) is 0 Å². The van der Waals surface area contributed by atoms with Crippen LogP contribution in [0, 0.1) is 12.7 Å². The summed E-state index contributed by atoms with van der Waals surface area (Å²) in [4.78, 5) is -0.0678. The normalized spacial score (nSPS) is 20.9. The van der Waals surface area contributed by atoms with E-state index >= 15 is 0 Å². The van der Waals surface area contributed by atoms with Crippen LogP contribution >= 0.6 is 0 Å². The van der Waals surface area contributed by atoms with Crippen molar-refractivity contribution in [1.29, 1.82) is 0 Å². The number of nitrogen functional groups attached to an aromatic ring is 1. The summed E-state index contributed by atoms with van der Waals surface area (Å²) in [5, 5.41) is 0. The van der Waals surface area contributed by atoms with Crippen LogP contribution in [0.2, 0.25) is 0 Å². The van der Waals surface area contributed by atoms with E-state index in [9.17, 15) is 12.8 Å². The van der Waals surface area contributed by atoms with Gasteiger partial charge in [0.05, 0.1) is 11.0 Å². The highest BCUT2D eigenvalue weighted by molar-refractivity contribution is 7.89. The predicted octanol–water partition coefficient (Wildman–Crippen LogP) is 1.13. The van der Waals surface area contributed by atoms with E-state index < -0.39 is 15.8 Å². The highest BCUT2D eigenvalue weighted by Gasteiger charge is 2.34. The molecule has 0 aromatic heterocycles. The van der Waals surface area contributed by atoms with Crippen molar-refractivity contribution >= 4 is 15.7 Å². The van der Waals surface area contributed by atoms with E-state index in [0.717, 1.165) is 6.07 Å². The summed E-state index contributed by atoms with van der Waals surface area (Å²) >= 11 is 0. The Morgan fingerprint density at radius 3 is 2.74 bits per heavy atom. The van der Waals surface area contributed by atoms with E-state index in [2.05, 4.69) is 0 Å². The quantitative estimate of drug-likeness (QED) is 0.846. The predicted molar refractivity (Wildman–Crippen MR) is 69.7 cm³/mol. The molecule has 1 fully saturated rings. The van der Waals surface area contributed by atoms with Gasteiger partial charge < -0.3 is 10.5 Å². The number of rotatable bonds is 3. The van der Waals surface area contributed by atoms with Gasteiger partial charge in [-0.2, -0.15) is 4.31 Å². The van der Waals surface area contributed by atoms with Crippen LogP contribution in [0.1, 0.15) is 12.0 Å². The first-order valence-electron chi connectivity index (χ1n) is 5.95. The lowest BCUT2D eigenvalue weighted by Crippen LogP contribution is -2.30. The number of hydrogen-bond donors (Lipinski definition) is 1. The van der Waals surface area contributed by atoms with Gasteiger partial charge in [-0.3, -0.25) is 0 Å². The van der Waals surface area contributed by atoms with E-state index in [-0.39, 0.29) is 28.8 Å². The fourth-order valence-corrected chi connectivity index (χ4v) is 3.94.